The number of thiocarbonyl (C=S) groups is 1. The van der Waals surface area contributed by atoms with E-state index in [2.05, 4.69) is 40.6 Å². The Balaban J connectivity index is 2.03. The molecule has 2 aromatic rings. The lowest BCUT2D eigenvalue weighted by Gasteiger charge is -2.31. The maximum Gasteiger partial charge on any atom is 0.204 e. The minimum Gasteiger partial charge on any atom is -0.345 e. The molecule has 18 heavy (non-hydrogen) atoms. The van der Waals surface area contributed by atoms with Crippen LogP contribution in [0.1, 0.15) is 16.0 Å². The highest BCUT2D eigenvalue weighted by atomic mass is 32.1. The highest BCUT2D eigenvalue weighted by Gasteiger charge is 2.53. The van der Waals surface area contributed by atoms with Gasteiger partial charge in [-0.2, -0.15) is 0 Å². The first-order chi connectivity index (χ1) is 8.84. The predicted octanol–water partition coefficient (Wildman–Crippen LogP) is 2.97. The zero-order chi connectivity index (χ0) is 12.2. The van der Waals surface area contributed by atoms with E-state index >= 15 is 0 Å². The van der Waals surface area contributed by atoms with Crippen LogP contribution >= 0.6 is 23.6 Å². The van der Waals surface area contributed by atoms with Crippen molar-refractivity contribution in [3.05, 3.63) is 57.8 Å². The molecule has 1 fully saturated rings. The summed E-state index contributed by atoms with van der Waals surface area (Å²) in [7, 11) is 0. The Morgan fingerprint density at radius 1 is 1.22 bits per heavy atom. The molecule has 2 aliphatic heterocycles. The van der Waals surface area contributed by atoms with Crippen LogP contribution in [0, 0.1) is 0 Å². The summed E-state index contributed by atoms with van der Waals surface area (Å²) in [5.41, 5.74) is 1.87. The van der Waals surface area contributed by atoms with Gasteiger partial charge in [-0.25, -0.2) is 0 Å². The normalized spacial score (nSPS) is 25.3. The smallest absolute Gasteiger partial charge is 0.204 e. The third kappa shape index (κ3) is 1.13. The minimum absolute atomic E-state index is 0.457. The first-order valence-corrected chi connectivity index (χ1v) is 7.22. The van der Waals surface area contributed by atoms with Crippen molar-refractivity contribution in [2.75, 3.05) is 13.2 Å². The van der Waals surface area contributed by atoms with Gasteiger partial charge in [0.1, 0.15) is 4.99 Å². The average molecular weight is 273 g/mol. The summed E-state index contributed by atoms with van der Waals surface area (Å²) < 4.78 is 6.15. The SMILES string of the molecule is S=C1c2ccccc2C2(c3cccs3)OCCN12. The molecule has 4 heteroatoms. The van der Waals surface area contributed by atoms with Crippen LogP contribution in [0.15, 0.2) is 41.8 Å². The number of fused-ring (bicyclic) bond motifs is 3. The first-order valence-electron chi connectivity index (χ1n) is 5.93. The van der Waals surface area contributed by atoms with Gasteiger partial charge in [0.05, 0.1) is 11.5 Å². The molecule has 3 heterocycles. The summed E-state index contributed by atoms with van der Waals surface area (Å²) in [6.07, 6.45) is 0. The van der Waals surface area contributed by atoms with Crippen LogP contribution in [-0.4, -0.2) is 23.0 Å². The summed E-state index contributed by atoms with van der Waals surface area (Å²) >= 11 is 7.33. The van der Waals surface area contributed by atoms with Crippen LogP contribution in [-0.2, 0) is 10.5 Å². The van der Waals surface area contributed by atoms with Gasteiger partial charge in [-0.15, -0.1) is 11.3 Å². The van der Waals surface area contributed by atoms with E-state index in [0.29, 0.717) is 0 Å². The highest BCUT2D eigenvalue weighted by Crippen LogP contribution is 2.49. The van der Waals surface area contributed by atoms with Gasteiger partial charge in [-0.1, -0.05) is 42.5 Å². The molecule has 0 saturated carbocycles. The second-order valence-electron chi connectivity index (χ2n) is 4.47. The molecule has 90 valence electrons. The van der Waals surface area contributed by atoms with Crippen molar-refractivity contribution in [3.8, 4) is 0 Å². The van der Waals surface area contributed by atoms with Crippen molar-refractivity contribution in [2.45, 2.75) is 5.72 Å². The van der Waals surface area contributed by atoms with E-state index in [-0.39, 0.29) is 0 Å². The van der Waals surface area contributed by atoms with Crippen molar-refractivity contribution in [3.63, 3.8) is 0 Å². The molecule has 1 saturated heterocycles. The van der Waals surface area contributed by atoms with Gasteiger partial charge >= 0.3 is 0 Å². The third-order valence-corrected chi connectivity index (χ3v) is 5.03. The van der Waals surface area contributed by atoms with E-state index in [0.717, 1.165) is 23.7 Å². The molecule has 0 N–H and O–H groups in total. The standard InChI is InChI=1S/C14H11NOS2/c17-13-10-4-1-2-5-11(10)14(12-6-3-9-18-12)15(13)7-8-16-14/h1-6,9H,7-8H2. The molecule has 0 amide bonds. The van der Waals surface area contributed by atoms with E-state index in [1.54, 1.807) is 11.3 Å². The van der Waals surface area contributed by atoms with E-state index in [1.807, 2.05) is 6.07 Å². The fraction of sp³-hybridized carbons (Fsp3) is 0.214. The quantitative estimate of drug-likeness (QED) is 0.741. The zero-order valence-corrected chi connectivity index (χ0v) is 11.3. The second kappa shape index (κ2) is 3.63. The van der Waals surface area contributed by atoms with Crippen LogP contribution < -0.4 is 0 Å². The largest absolute Gasteiger partial charge is 0.345 e. The number of benzene rings is 1. The van der Waals surface area contributed by atoms with Gasteiger partial charge in [-0.3, -0.25) is 0 Å². The van der Waals surface area contributed by atoms with Gasteiger partial charge in [0.15, 0.2) is 0 Å². The molecule has 2 aliphatic rings. The van der Waals surface area contributed by atoms with Gasteiger partial charge < -0.3 is 9.64 Å². The maximum atomic E-state index is 6.15. The second-order valence-corrected chi connectivity index (χ2v) is 5.81. The van der Waals surface area contributed by atoms with Crippen molar-refractivity contribution in [1.29, 1.82) is 0 Å². The number of ether oxygens (including phenoxy) is 1. The Hall–Kier alpha value is -1.23. The molecule has 4 rings (SSSR count). The van der Waals surface area contributed by atoms with Crippen LogP contribution in [0.3, 0.4) is 0 Å². The number of nitrogens with zero attached hydrogens (tertiary/aromatic N) is 1. The van der Waals surface area contributed by atoms with Crippen molar-refractivity contribution < 1.29 is 4.74 Å². The average Bonchev–Trinajstić information content (AvgIpc) is 3.09. The molecule has 1 atom stereocenters. The third-order valence-electron chi connectivity index (χ3n) is 3.63. The lowest BCUT2D eigenvalue weighted by atomic mass is 10.00. The molecule has 2 nitrogen and oxygen atoms in total. The van der Waals surface area contributed by atoms with Crippen LogP contribution in [0.4, 0.5) is 0 Å². The Labute approximate surface area is 115 Å². The van der Waals surface area contributed by atoms with Crippen molar-refractivity contribution in [1.82, 2.24) is 4.90 Å². The summed E-state index contributed by atoms with van der Waals surface area (Å²) in [5.74, 6) is 0. The topological polar surface area (TPSA) is 12.5 Å². The summed E-state index contributed by atoms with van der Waals surface area (Å²) in [6.45, 7) is 1.60. The molecular weight excluding hydrogens is 262 g/mol. The number of thiophene rings is 1. The lowest BCUT2D eigenvalue weighted by molar-refractivity contribution is -0.0123. The van der Waals surface area contributed by atoms with Crippen LogP contribution in [0.2, 0.25) is 0 Å². The molecule has 1 unspecified atom stereocenters. The molecule has 0 radical (unpaired) electrons. The van der Waals surface area contributed by atoms with E-state index in [4.69, 9.17) is 17.0 Å². The van der Waals surface area contributed by atoms with Crippen LogP contribution in [0.5, 0.6) is 0 Å². The number of hydrogen-bond acceptors (Lipinski definition) is 3. The maximum absolute atomic E-state index is 6.15. The predicted molar refractivity (Wildman–Crippen MR) is 75.9 cm³/mol. The molecule has 1 aromatic carbocycles. The molecule has 0 aliphatic carbocycles. The zero-order valence-electron chi connectivity index (χ0n) is 9.63. The van der Waals surface area contributed by atoms with Gasteiger partial charge in [-0.05, 0) is 11.4 Å². The van der Waals surface area contributed by atoms with Crippen LogP contribution in [0.25, 0.3) is 0 Å². The van der Waals surface area contributed by atoms with Crippen molar-refractivity contribution in [2.24, 2.45) is 0 Å². The Morgan fingerprint density at radius 3 is 2.94 bits per heavy atom. The highest BCUT2D eigenvalue weighted by molar-refractivity contribution is 7.80. The molecule has 0 spiro atoms. The Kier molecular flexibility index (Phi) is 2.15. The van der Waals surface area contributed by atoms with Gasteiger partial charge in [0, 0.05) is 17.7 Å². The molecule has 1 aromatic heterocycles. The monoisotopic (exact) mass is 273 g/mol. The van der Waals surface area contributed by atoms with E-state index < -0.39 is 5.72 Å². The minimum atomic E-state index is -0.457. The van der Waals surface area contributed by atoms with E-state index in [9.17, 15) is 0 Å². The fourth-order valence-corrected chi connectivity index (χ4v) is 4.20. The Morgan fingerprint density at radius 2 is 2.11 bits per heavy atom. The number of rotatable bonds is 1. The van der Waals surface area contributed by atoms with Gasteiger partial charge in [0.25, 0.3) is 0 Å². The first kappa shape index (κ1) is 10.7. The summed E-state index contributed by atoms with van der Waals surface area (Å²) in [4.78, 5) is 4.35. The molecular formula is C14H11NOS2. The van der Waals surface area contributed by atoms with Crippen molar-refractivity contribution >= 4 is 28.5 Å². The molecule has 0 bridgehead atoms. The summed E-state index contributed by atoms with van der Waals surface area (Å²) in [5, 5.41) is 2.09. The fourth-order valence-electron chi connectivity index (χ4n) is 2.91. The van der Waals surface area contributed by atoms with E-state index in [1.165, 1.54) is 10.4 Å². The summed E-state index contributed by atoms with van der Waals surface area (Å²) in [6, 6.07) is 12.5. The van der Waals surface area contributed by atoms with Gasteiger partial charge in [0.2, 0.25) is 5.72 Å². The number of hydrogen-bond donors (Lipinski definition) is 0. The lowest BCUT2D eigenvalue weighted by Crippen LogP contribution is -2.39. The Bertz CT molecular complexity index is 622.